The lowest BCUT2D eigenvalue weighted by atomic mass is 9.96. The molecule has 0 saturated carbocycles. The Kier molecular flexibility index (Phi) is 4.22. The molecule has 3 heteroatoms. The average molecular weight is 225 g/mol. The maximum Gasteiger partial charge on any atom is 0.0117 e. The molecular weight excluding hydrogens is 198 g/mol. The van der Waals surface area contributed by atoms with Gasteiger partial charge < -0.3 is 15.1 Å². The van der Waals surface area contributed by atoms with Gasteiger partial charge in [-0.1, -0.05) is 6.92 Å². The summed E-state index contributed by atoms with van der Waals surface area (Å²) in [5.41, 5.74) is 0. The zero-order valence-corrected chi connectivity index (χ0v) is 11.1. The van der Waals surface area contributed by atoms with Crippen LogP contribution in [-0.4, -0.2) is 62.7 Å². The van der Waals surface area contributed by atoms with Crippen molar-refractivity contribution in [3.63, 3.8) is 0 Å². The molecule has 0 amide bonds. The van der Waals surface area contributed by atoms with E-state index in [0.29, 0.717) is 0 Å². The fourth-order valence-corrected chi connectivity index (χ4v) is 3.06. The van der Waals surface area contributed by atoms with Gasteiger partial charge >= 0.3 is 0 Å². The predicted molar refractivity (Wildman–Crippen MR) is 68.7 cm³/mol. The number of nitrogens with zero attached hydrogens (tertiary/aromatic N) is 2. The zero-order valence-electron chi connectivity index (χ0n) is 11.1. The minimum absolute atomic E-state index is 0.823. The number of rotatable bonds is 3. The van der Waals surface area contributed by atoms with Crippen molar-refractivity contribution >= 4 is 0 Å². The number of nitrogens with one attached hydrogen (secondary N) is 1. The SMILES string of the molecule is CC1CNCC1CN(C)C1CCN(C)CC1. The lowest BCUT2D eigenvalue weighted by Gasteiger charge is -2.36. The highest BCUT2D eigenvalue weighted by molar-refractivity contribution is 4.83. The van der Waals surface area contributed by atoms with Crippen LogP contribution in [0.3, 0.4) is 0 Å². The van der Waals surface area contributed by atoms with Crippen molar-refractivity contribution in [1.82, 2.24) is 15.1 Å². The molecule has 2 rings (SSSR count). The summed E-state index contributed by atoms with van der Waals surface area (Å²) in [6, 6.07) is 0.823. The van der Waals surface area contributed by atoms with E-state index < -0.39 is 0 Å². The molecule has 0 aromatic carbocycles. The number of hydrogen-bond acceptors (Lipinski definition) is 3. The van der Waals surface area contributed by atoms with Gasteiger partial charge in [-0.05, 0) is 65.0 Å². The monoisotopic (exact) mass is 225 g/mol. The summed E-state index contributed by atoms with van der Waals surface area (Å²) in [5, 5.41) is 3.50. The van der Waals surface area contributed by atoms with Crippen molar-refractivity contribution < 1.29 is 0 Å². The Morgan fingerprint density at radius 3 is 2.50 bits per heavy atom. The Labute approximate surface area is 100 Å². The molecule has 2 aliphatic rings. The molecule has 2 aliphatic heterocycles. The van der Waals surface area contributed by atoms with Crippen LogP contribution in [0.25, 0.3) is 0 Å². The Morgan fingerprint density at radius 1 is 1.25 bits per heavy atom. The fourth-order valence-electron chi connectivity index (χ4n) is 3.06. The lowest BCUT2D eigenvalue weighted by Crippen LogP contribution is -2.44. The molecule has 0 aliphatic carbocycles. The molecule has 0 aromatic rings. The fraction of sp³-hybridized carbons (Fsp3) is 1.00. The van der Waals surface area contributed by atoms with Crippen LogP contribution in [-0.2, 0) is 0 Å². The zero-order chi connectivity index (χ0) is 11.5. The van der Waals surface area contributed by atoms with Gasteiger partial charge in [-0.2, -0.15) is 0 Å². The van der Waals surface area contributed by atoms with Crippen LogP contribution in [0.4, 0.5) is 0 Å². The van der Waals surface area contributed by atoms with Crippen LogP contribution < -0.4 is 5.32 Å². The van der Waals surface area contributed by atoms with Crippen LogP contribution in [0.15, 0.2) is 0 Å². The second kappa shape index (κ2) is 5.48. The first-order valence-electron chi connectivity index (χ1n) is 6.76. The van der Waals surface area contributed by atoms with Gasteiger partial charge in [-0.25, -0.2) is 0 Å². The van der Waals surface area contributed by atoms with Crippen molar-refractivity contribution in [1.29, 1.82) is 0 Å². The van der Waals surface area contributed by atoms with Gasteiger partial charge in [0.05, 0.1) is 0 Å². The number of piperidine rings is 1. The smallest absolute Gasteiger partial charge is 0.0117 e. The van der Waals surface area contributed by atoms with E-state index in [-0.39, 0.29) is 0 Å². The van der Waals surface area contributed by atoms with Crippen LogP contribution in [0.5, 0.6) is 0 Å². The first-order chi connectivity index (χ1) is 7.66. The minimum atomic E-state index is 0.823. The summed E-state index contributed by atoms with van der Waals surface area (Å²) >= 11 is 0. The molecule has 2 saturated heterocycles. The Bertz CT molecular complexity index is 211. The molecule has 2 fully saturated rings. The van der Waals surface area contributed by atoms with Gasteiger partial charge in [0, 0.05) is 12.6 Å². The molecule has 94 valence electrons. The summed E-state index contributed by atoms with van der Waals surface area (Å²) < 4.78 is 0. The molecule has 2 atom stereocenters. The molecule has 3 nitrogen and oxygen atoms in total. The molecule has 2 heterocycles. The summed E-state index contributed by atoms with van der Waals surface area (Å²) in [5.74, 6) is 1.72. The van der Waals surface area contributed by atoms with Gasteiger partial charge in [0.25, 0.3) is 0 Å². The molecule has 0 radical (unpaired) electrons. The highest BCUT2D eigenvalue weighted by Gasteiger charge is 2.27. The third kappa shape index (κ3) is 2.96. The van der Waals surface area contributed by atoms with E-state index >= 15 is 0 Å². The highest BCUT2D eigenvalue weighted by Crippen LogP contribution is 2.20. The quantitative estimate of drug-likeness (QED) is 0.769. The second-order valence-electron chi connectivity index (χ2n) is 5.87. The van der Waals surface area contributed by atoms with E-state index in [4.69, 9.17) is 0 Å². The van der Waals surface area contributed by atoms with Crippen LogP contribution in [0, 0.1) is 11.8 Å². The normalized spacial score (nSPS) is 33.8. The molecule has 0 bridgehead atoms. The van der Waals surface area contributed by atoms with E-state index in [9.17, 15) is 0 Å². The summed E-state index contributed by atoms with van der Waals surface area (Å²) in [7, 11) is 4.56. The van der Waals surface area contributed by atoms with E-state index in [1.165, 1.54) is 45.6 Å². The van der Waals surface area contributed by atoms with Crippen molar-refractivity contribution in [2.24, 2.45) is 11.8 Å². The molecule has 0 aromatic heterocycles. The average Bonchev–Trinajstić information content (AvgIpc) is 2.65. The van der Waals surface area contributed by atoms with Gasteiger partial charge in [-0.15, -0.1) is 0 Å². The Morgan fingerprint density at radius 2 is 1.94 bits per heavy atom. The Balaban J connectivity index is 1.76. The highest BCUT2D eigenvalue weighted by atomic mass is 15.2. The van der Waals surface area contributed by atoms with Gasteiger partial charge in [0.15, 0.2) is 0 Å². The van der Waals surface area contributed by atoms with Crippen LogP contribution >= 0.6 is 0 Å². The van der Waals surface area contributed by atoms with Crippen LogP contribution in [0.2, 0.25) is 0 Å². The minimum Gasteiger partial charge on any atom is -0.316 e. The third-order valence-electron chi connectivity index (χ3n) is 4.51. The van der Waals surface area contributed by atoms with E-state index in [0.717, 1.165) is 17.9 Å². The van der Waals surface area contributed by atoms with Gasteiger partial charge in [0.1, 0.15) is 0 Å². The van der Waals surface area contributed by atoms with Crippen molar-refractivity contribution in [3.8, 4) is 0 Å². The maximum atomic E-state index is 3.50. The lowest BCUT2D eigenvalue weighted by molar-refractivity contribution is 0.125. The van der Waals surface area contributed by atoms with E-state index in [2.05, 4.69) is 36.1 Å². The first kappa shape index (κ1) is 12.3. The maximum absolute atomic E-state index is 3.50. The topological polar surface area (TPSA) is 18.5 Å². The third-order valence-corrected chi connectivity index (χ3v) is 4.51. The molecule has 2 unspecified atom stereocenters. The van der Waals surface area contributed by atoms with Gasteiger partial charge in [-0.3, -0.25) is 0 Å². The summed E-state index contributed by atoms with van der Waals surface area (Å²) in [4.78, 5) is 5.06. The standard InChI is InChI=1S/C13H27N3/c1-11-8-14-9-12(11)10-16(3)13-4-6-15(2)7-5-13/h11-14H,4-10H2,1-3H3. The van der Waals surface area contributed by atoms with E-state index in [1.54, 1.807) is 0 Å². The van der Waals surface area contributed by atoms with Crippen molar-refractivity contribution in [2.75, 3.05) is 46.8 Å². The van der Waals surface area contributed by atoms with Crippen molar-refractivity contribution in [2.45, 2.75) is 25.8 Å². The van der Waals surface area contributed by atoms with Crippen LogP contribution in [0.1, 0.15) is 19.8 Å². The van der Waals surface area contributed by atoms with Crippen molar-refractivity contribution in [3.05, 3.63) is 0 Å². The summed E-state index contributed by atoms with van der Waals surface area (Å²) in [6.45, 7) is 8.64. The largest absolute Gasteiger partial charge is 0.316 e. The Hall–Kier alpha value is -0.120. The number of hydrogen-bond donors (Lipinski definition) is 1. The summed E-state index contributed by atoms with van der Waals surface area (Å²) in [6.07, 6.45) is 2.70. The van der Waals surface area contributed by atoms with Gasteiger partial charge in [0.2, 0.25) is 0 Å². The second-order valence-corrected chi connectivity index (χ2v) is 5.87. The molecule has 1 N–H and O–H groups in total. The first-order valence-corrected chi connectivity index (χ1v) is 6.76. The molecular formula is C13H27N3. The molecule has 0 spiro atoms. The molecule has 16 heavy (non-hydrogen) atoms. The van der Waals surface area contributed by atoms with E-state index in [1.807, 2.05) is 0 Å². The predicted octanol–water partition coefficient (Wildman–Crippen LogP) is 0.868. The number of likely N-dealkylation sites (tertiary alicyclic amines) is 1.